The molecule has 6 nitrogen and oxygen atoms in total. The summed E-state index contributed by atoms with van der Waals surface area (Å²) in [5.41, 5.74) is 3.88. The number of phenolic OH excluding ortho intramolecular Hbond substituents is 1. The first-order valence-corrected chi connectivity index (χ1v) is 13.3. The number of hydrogen-bond donors (Lipinski definition) is 1. The summed E-state index contributed by atoms with van der Waals surface area (Å²) in [5, 5.41) is 9.93. The Balaban J connectivity index is 1.53. The number of methoxy groups -OCH3 is 2. The molecule has 0 bridgehead atoms. The van der Waals surface area contributed by atoms with E-state index in [2.05, 4.69) is 73.3 Å². The average molecular weight is 507 g/mol. The van der Waals surface area contributed by atoms with E-state index < -0.39 is 0 Å². The highest BCUT2D eigenvalue weighted by molar-refractivity contribution is 5.38. The van der Waals surface area contributed by atoms with Crippen molar-refractivity contribution in [2.75, 3.05) is 48.0 Å². The van der Waals surface area contributed by atoms with Crippen LogP contribution < -0.4 is 4.74 Å². The first-order chi connectivity index (χ1) is 17.9. The Kier molecular flexibility index (Phi) is 9.17. The van der Waals surface area contributed by atoms with Crippen molar-refractivity contribution in [1.29, 1.82) is 0 Å². The van der Waals surface area contributed by atoms with Crippen molar-refractivity contribution in [3.05, 3.63) is 82.8 Å². The summed E-state index contributed by atoms with van der Waals surface area (Å²) in [6.45, 7) is 5.57. The van der Waals surface area contributed by atoms with Crippen LogP contribution >= 0.6 is 0 Å². The molecule has 0 saturated carbocycles. The first kappa shape index (κ1) is 27.1. The van der Waals surface area contributed by atoms with Crippen LogP contribution in [0.5, 0.6) is 11.5 Å². The number of rotatable bonds is 11. The van der Waals surface area contributed by atoms with Crippen LogP contribution in [-0.2, 0) is 28.9 Å². The minimum absolute atomic E-state index is 0.193. The number of aryl methyl sites for hydroxylation is 1. The number of ether oxygens (including phenoxy) is 3. The summed E-state index contributed by atoms with van der Waals surface area (Å²) in [6.07, 6.45) is 7.59. The van der Waals surface area contributed by atoms with Gasteiger partial charge in [-0.3, -0.25) is 4.90 Å². The Morgan fingerprint density at radius 3 is 2.35 bits per heavy atom. The van der Waals surface area contributed by atoms with Crippen LogP contribution in [0.3, 0.4) is 0 Å². The van der Waals surface area contributed by atoms with Gasteiger partial charge in [0.25, 0.3) is 0 Å². The normalized spacial score (nSPS) is 21.3. The molecule has 6 heteroatoms. The molecule has 0 spiro atoms. The Bertz CT molecular complexity index is 1090. The highest BCUT2D eigenvalue weighted by Gasteiger charge is 2.36. The van der Waals surface area contributed by atoms with E-state index in [1.165, 1.54) is 16.7 Å². The standard InChI is InChI=1S/C31H42N2O4/c1-6-33(21-22-7-13-27(14-8-22)37-16-15-32(2)3)29-20-31(36-5)30(35-4)19-28(29)25-10-9-24-18-26(34)12-11-23(24)17-25/h7-8,11-14,18-20,25,28-29,34H,6,9-10,15-17,21H2,1-5H3/t25-,28?,29?/m1/s1. The van der Waals surface area contributed by atoms with Gasteiger partial charge in [0.2, 0.25) is 0 Å². The predicted octanol–water partition coefficient (Wildman–Crippen LogP) is 5.02. The molecular formula is C31H42N2O4. The quantitative estimate of drug-likeness (QED) is 0.462. The second-order valence-electron chi connectivity index (χ2n) is 10.4. The zero-order valence-corrected chi connectivity index (χ0v) is 22.9. The van der Waals surface area contributed by atoms with Crippen LogP contribution in [0.4, 0.5) is 0 Å². The maximum absolute atomic E-state index is 9.93. The molecule has 2 unspecified atom stereocenters. The summed E-state index contributed by atoms with van der Waals surface area (Å²) >= 11 is 0. The Morgan fingerprint density at radius 2 is 1.68 bits per heavy atom. The molecule has 2 aliphatic carbocycles. The maximum Gasteiger partial charge on any atom is 0.158 e. The fourth-order valence-electron chi connectivity index (χ4n) is 5.60. The van der Waals surface area contributed by atoms with Crippen LogP contribution in [0.25, 0.3) is 0 Å². The van der Waals surface area contributed by atoms with Gasteiger partial charge in [-0.25, -0.2) is 0 Å². The topological polar surface area (TPSA) is 54.4 Å². The van der Waals surface area contributed by atoms with Gasteiger partial charge in [0, 0.05) is 25.0 Å². The number of fused-ring (bicyclic) bond motifs is 1. The molecule has 0 aliphatic heterocycles. The third-order valence-electron chi connectivity index (χ3n) is 7.69. The number of nitrogens with zero attached hydrogens (tertiary/aromatic N) is 2. The molecule has 3 atom stereocenters. The van der Waals surface area contributed by atoms with E-state index in [9.17, 15) is 5.11 Å². The fraction of sp³-hybridized carbons (Fsp3) is 0.484. The molecule has 0 fully saturated rings. The molecule has 2 aromatic rings. The summed E-state index contributed by atoms with van der Waals surface area (Å²) in [6, 6.07) is 14.5. The lowest BCUT2D eigenvalue weighted by atomic mass is 9.72. The van der Waals surface area contributed by atoms with Crippen LogP contribution in [0.1, 0.15) is 30.0 Å². The van der Waals surface area contributed by atoms with E-state index in [1.807, 2.05) is 12.1 Å². The molecule has 0 saturated heterocycles. The second kappa shape index (κ2) is 12.5. The molecule has 0 amide bonds. The highest BCUT2D eigenvalue weighted by atomic mass is 16.5. The van der Waals surface area contributed by atoms with E-state index in [1.54, 1.807) is 14.2 Å². The van der Waals surface area contributed by atoms with Gasteiger partial charge in [0.1, 0.15) is 18.1 Å². The largest absolute Gasteiger partial charge is 0.508 e. The Morgan fingerprint density at radius 1 is 0.946 bits per heavy atom. The van der Waals surface area contributed by atoms with Crippen molar-refractivity contribution < 1.29 is 19.3 Å². The number of likely N-dealkylation sites (N-methyl/N-ethyl adjacent to an activating group) is 2. The molecule has 0 radical (unpaired) electrons. The lowest BCUT2D eigenvalue weighted by molar-refractivity contribution is 0.132. The molecule has 200 valence electrons. The van der Waals surface area contributed by atoms with Crippen molar-refractivity contribution in [2.24, 2.45) is 11.8 Å². The van der Waals surface area contributed by atoms with Crippen molar-refractivity contribution in [2.45, 2.75) is 38.8 Å². The third-order valence-corrected chi connectivity index (χ3v) is 7.69. The van der Waals surface area contributed by atoms with Gasteiger partial charge in [-0.15, -0.1) is 0 Å². The summed E-state index contributed by atoms with van der Waals surface area (Å²) in [5.74, 6) is 3.65. The number of benzene rings is 2. The average Bonchev–Trinajstić information content (AvgIpc) is 2.91. The zero-order chi connectivity index (χ0) is 26.4. The molecule has 0 heterocycles. The smallest absolute Gasteiger partial charge is 0.158 e. The maximum atomic E-state index is 9.93. The van der Waals surface area contributed by atoms with Crippen molar-refractivity contribution in [3.63, 3.8) is 0 Å². The monoisotopic (exact) mass is 506 g/mol. The van der Waals surface area contributed by atoms with Gasteiger partial charge in [-0.1, -0.05) is 25.1 Å². The second-order valence-corrected chi connectivity index (χ2v) is 10.4. The van der Waals surface area contributed by atoms with Gasteiger partial charge in [-0.2, -0.15) is 0 Å². The van der Waals surface area contributed by atoms with E-state index >= 15 is 0 Å². The number of aromatic hydroxyl groups is 1. The van der Waals surface area contributed by atoms with Crippen LogP contribution in [0, 0.1) is 11.8 Å². The highest BCUT2D eigenvalue weighted by Crippen LogP contribution is 2.39. The van der Waals surface area contributed by atoms with E-state index in [4.69, 9.17) is 14.2 Å². The summed E-state index contributed by atoms with van der Waals surface area (Å²) in [7, 11) is 7.53. The van der Waals surface area contributed by atoms with Crippen LogP contribution in [0.2, 0.25) is 0 Å². The van der Waals surface area contributed by atoms with E-state index in [0.717, 1.165) is 56.2 Å². The minimum Gasteiger partial charge on any atom is -0.508 e. The Labute approximate surface area is 222 Å². The van der Waals surface area contributed by atoms with Gasteiger partial charge >= 0.3 is 0 Å². The number of hydrogen-bond acceptors (Lipinski definition) is 6. The van der Waals surface area contributed by atoms with Crippen molar-refractivity contribution >= 4 is 0 Å². The first-order valence-electron chi connectivity index (χ1n) is 13.3. The molecule has 1 N–H and O–H groups in total. The molecule has 2 aliphatic rings. The molecule has 4 rings (SSSR count). The van der Waals surface area contributed by atoms with Gasteiger partial charge in [0.15, 0.2) is 11.5 Å². The molecule has 37 heavy (non-hydrogen) atoms. The fourth-order valence-corrected chi connectivity index (χ4v) is 5.60. The van der Waals surface area contributed by atoms with E-state index in [0.29, 0.717) is 24.2 Å². The molecule has 2 aromatic carbocycles. The van der Waals surface area contributed by atoms with Gasteiger partial charge < -0.3 is 24.2 Å². The van der Waals surface area contributed by atoms with Crippen LogP contribution in [-0.4, -0.2) is 69.0 Å². The summed E-state index contributed by atoms with van der Waals surface area (Å²) < 4.78 is 17.4. The van der Waals surface area contributed by atoms with Crippen molar-refractivity contribution in [3.8, 4) is 11.5 Å². The molecular weight excluding hydrogens is 464 g/mol. The zero-order valence-electron chi connectivity index (χ0n) is 22.9. The lowest BCUT2D eigenvalue weighted by Gasteiger charge is -2.41. The lowest BCUT2D eigenvalue weighted by Crippen LogP contribution is -2.44. The third kappa shape index (κ3) is 6.68. The van der Waals surface area contributed by atoms with Gasteiger partial charge in [-0.05, 0) is 98.9 Å². The van der Waals surface area contributed by atoms with Crippen molar-refractivity contribution in [1.82, 2.24) is 9.80 Å². The van der Waals surface area contributed by atoms with E-state index in [-0.39, 0.29) is 6.04 Å². The van der Waals surface area contributed by atoms with Gasteiger partial charge in [0.05, 0.1) is 14.2 Å². The Hall–Kier alpha value is -2.96. The SMILES string of the molecule is CCN(Cc1ccc(OCCN(C)C)cc1)C1C=C(OC)C(OC)=CC1[C@@H]1CCc2cc(O)ccc2C1. The molecule has 0 aromatic heterocycles. The minimum atomic E-state index is 0.193. The number of phenols is 1. The predicted molar refractivity (Wildman–Crippen MR) is 148 cm³/mol. The van der Waals surface area contributed by atoms with Crippen LogP contribution in [0.15, 0.2) is 66.1 Å². The summed E-state index contributed by atoms with van der Waals surface area (Å²) in [4.78, 5) is 4.65.